The van der Waals surface area contributed by atoms with Crippen LogP contribution < -0.4 is 0 Å². The molecule has 3 rings (SSSR count). The van der Waals surface area contributed by atoms with E-state index >= 15 is 0 Å². The van der Waals surface area contributed by atoms with Gasteiger partial charge in [0, 0.05) is 18.8 Å². The molecule has 1 heterocycles. The highest BCUT2D eigenvalue weighted by Crippen LogP contribution is 2.34. The summed E-state index contributed by atoms with van der Waals surface area (Å²) in [6, 6.07) is 10.3. The first-order valence-corrected chi connectivity index (χ1v) is 9.59. The van der Waals surface area contributed by atoms with Crippen LogP contribution in [0.25, 0.3) is 11.0 Å². The zero-order valence-corrected chi connectivity index (χ0v) is 16.9. The van der Waals surface area contributed by atoms with Gasteiger partial charge in [-0.05, 0) is 54.7 Å². The molecular weight excluding hydrogens is 362 g/mol. The smallest absolute Gasteiger partial charge is 0.306 e. The lowest BCUT2D eigenvalue weighted by Crippen LogP contribution is -2.13. The predicted octanol–water partition coefficient (Wildman–Crippen LogP) is 4.41. The molecule has 0 radical (unpaired) electrons. The van der Waals surface area contributed by atoms with Crippen molar-refractivity contribution in [3.05, 3.63) is 58.1 Å². The fourth-order valence-corrected chi connectivity index (χ4v) is 3.76. The van der Waals surface area contributed by atoms with E-state index < -0.39 is 0 Å². The number of carbonyl (C=O) groups is 1. The van der Waals surface area contributed by atoms with Crippen molar-refractivity contribution in [3.63, 3.8) is 0 Å². The van der Waals surface area contributed by atoms with Gasteiger partial charge in [-0.2, -0.15) is 0 Å². The van der Waals surface area contributed by atoms with Gasteiger partial charge in [-0.15, -0.1) is 16.7 Å². The zero-order chi connectivity index (χ0) is 19.6. The molecule has 6 heteroatoms. The molecule has 0 amide bonds. The van der Waals surface area contributed by atoms with Gasteiger partial charge in [0.1, 0.15) is 5.52 Å². The molecule has 0 aliphatic rings. The summed E-state index contributed by atoms with van der Waals surface area (Å²) in [5.41, 5.74) is 7.18. The molecule has 0 N–H and O–H groups in total. The van der Waals surface area contributed by atoms with E-state index in [2.05, 4.69) is 34.6 Å². The second kappa shape index (κ2) is 8.09. The standard InChI is InChI=1S/C21H24ClN3O2/c1-5-27-20(26)11-18(15-7-6-13(2)16(10-15)12-22)17-8-9-19-21(14(17)3)23-24-25(19)4/h6-10,18H,5,11-12H2,1-4H3/t18-/m1/s1. The Morgan fingerprint density at radius 2 is 2.04 bits per heavy atom. The largest absolute Gasteiger partial charge is 0.466 e. The average molecular weight is 386 g/mol. The summed E-state index contributed by atoms with van der Waals surface area (Å²) in [5, 5.41) is 8.41. The van der Waals surface area contributed by atoms with E-state index in [1.807, 2.05) is 33.9 Å². The number of alkyl halides is 1. The molecule has 1 aromatic heterocycles. The predicted molar refractivity (Wildman–Crippen MR) is 107 cm³/mol. The van der Waals surface area contributed by atoms with Crippen LogP contribution in [0.2, 0.25) is 0 Å². The normalized spacial score (nSPS) is 12.3. The van der Waals surface area contributed by atoms with E-state index in [1.165, 1.54) is 0 Å². The molecule has 0 spiro atoms. The van der Waals surface area contributed by atoms with Gasteiger partial charge in [0.05, 0.1) is 18.5 Å². The fourth-order valence-electron chi connectivity index (χ4n) is 3.47. The number of aromatic nitrogens is 3. The van der Waals surface area contributed by atoms with Crippen LogP contribution in [-0.4, -0.2) is 27.6 Å². The lowest BCUT2D eigenvalue weighted by atomic mass is 9.84. The Morgan fingerprint density at radius 1 is 1.26 bits per heavy atom. The first kappa shape index (κ1) is 19.4. The first-order valence-electron chi connectivity index (χ1n) is 9.06. The van der Waals surface area contributed by atoms with Crippen molar-refractivity contribution >= 4 is 28.6 Å². The molecule has 3 aromatic rings. The molecule has 142 valence electrons. The van der Waals surface area contributed by atoms with E-state index in [9.17, 15) is 4.79 Å². The van der Waals surface area contributed by atoms with Crippen molar-refractivity contribution in [2.45, 2.75) is 39.0 Å². The molecule has 0 fully saturated rings. The number of hydrogen-bond acceptors (Lipinski definition) is 4. The number of nitrogens with zero attached hydrogens (tertiary/aromatic N) is 3. The Morgan fingerprint density at radius 3 is 2.74 bits per heavy atom. The van der Waals surface area contributed by atoms with Gasteiger partial charge in [-0.3, -0.25) is 4.79 Å². The van der Waals surface area contributed by atoms with Crippen molar-refractivity contribution < 1.29 is 9.53 Å². The minimum absolute atomic E-state index is 0.127. The van der Waals surface area contributed by atoms with Crippen molar-refractivity contribution in [2.24, 2.45) is 7.05 Å². The van der Waals surface area contributed by atoms with Crippen molar-refractivity contribution in [3.8, 4) is 0 Å². The van der Waals surface area contributed by atoms with Crippen LogP contribution in [0.5, 0.6) is 0 Å². The van der Waals surface area contributed by atoms with Crippen molar-refractivity contribution in [1.29, 1.82) is 0 Å². The van der Waals surface area contributed by atoms with Crippen LogP contribution in [0.15, 0.2) is 30.3 Å². The van der Waals surface area contributed by atoms with E-state index in [0.717, 1.165) is 38.9 Å². The molecule has 0 unspecified atom stereocenters. The number of carbonyl (C=O) groups excluding carboxylic acids is 1. The molecule has 0 aliphatic carbocycles. The van der Waals surface area contributed by atoms with Crippen molar-refractivity contribution in [1.82, 2.24) is 15.0 Å². The van der Waals surface area contributed by atoms with E-state index in [-0.39, 0.29) is 18.3 Å². The molecule has 0 bridgehead atoms. The third kappa shape index (κ3) is 3.83. The number of ether oxygens (including phenoxy) is 1. The monoisotopic (exact) mass is 385 g/mol. The van der Waals surface area contributed by atoms with Crippen LogP contribution in [-0.2, 0) is 22.5 Å². The van der Waals surface area contributed by atoms with Crippen LogP contribution in [0.4, 0.5) is 0 Å². The summed E-state index contributed by atoms with van der Waals surface area (Å²) < 4.78 is 6.98. The zero-order valence-electron chi connectivity index (χ0n) is 16.1. The maximum absolute atomic E-state index is 12.3. The third-order valence-corrected chi connectivity index (χ3v) is 5.34. The topological polar surface area (TPSA) is 57.0 Å². The lowest BCUT2D eigenvalue weighted by molar-refractivity contribution is -0.143. The van der Waals surface area contributed by atoms with E-state index in [1.54, 1.807) is 4.68 Å². The Balaban J connectivity index is 2.12. The van der Waals surface area contributed by atoms with Crippen LogP contribution in [0.3, 0.4) is 0 Å². The summed E-state index contributed by atoms with van der Waals surface area (Å²) in [5.74, 6) is 0.0979. The number of fused-ring (bicyclic) bond motifs is 1. The van der Waals surface area contributed by atoms with Crippen LogP contribution >= 0.6 is 11.6 Å². The first-order chi connectivity index (χ1) is 13.0. The number of halogens is 1. The molecule has 1 atom stereocenters. The van der Waals surface area contributed by atoms with Gasteiger partial charge < -0.3 is 4.74 Å². The second-order valence-corrected chi connectivity index (χ2v) is 7.01. The number of benzene rings is 2. The molecule has 0 aliphatic heterocycles. The van der Waals surface area contributed by atoms with Gasteiger partial charge in [0.2, 0.25) is 0 Å². The second-order valence-electron chi connectivity index (χ2n) is 6.74. The highest BCUT2D eigenvalue weighted by molar-refractivity contribution is 6.17. The molecule has 0 saturated carbocycles. The molecular formula is C21H24ClN3O2. The number of hydrogen-bond donors (Lipinski definition) is 0. The molecule has 2 aromatic carbocycles. The summed E-state index contributed by atoms with van der Waals surface area (Å²) in [6.45, 7) is 6.26. The van der Waals surface area contributed by atoms with Gasteiger partial charge >= 0.3 is 5.97 Å². The number of aryl methyl sites for hydroxylation is 3. The Labute approximate surface area is 164 Å². The summed E-state index contributed by atoms with van der Waals surface area (Å²) in [7, 11) is 1.87. The van der Waals surface area contributed by atoms with Gasteiger partial charge in [0.25, 0.3) is 0 Å². The average Bonchev–Trinajstić information content (AvgIpc) is 3.03. The number of rotatable bonds is 6. The SMILES string of the molecule is CCOC(=O)C[C@H](c1ccc(C)c(CCl)c1)c1ccc2c(nnn2C)c1C. The molecule has 0 saturated heterocycles. The van der Waals surface area contributed by atoms with Gasteiger partial charge in [-0.25, -0.2) is 4.68 Å². The Hall–Kier alpha value is -2.40. The van der Waals surface area contributed by atoms with Gasteiger partial charge in [0.15, 0.2) is 0 Å². The maximum atomic E-state index is 12.3. The van der Waals surface area contributed by atoms with Crippen LogP contribution in [0, 0.1) is 13.8 Å². The van der Waals surface area contributed by atoms with E-state index in [4.69, 9.17) is 16.3 Å². The fraction of sp³-hybridized carbons (Fsp3) is 0.381. The summed E-state index contributed by atoms with van der Waals surface area (Å²) in [4.78, 5) is 12.3. The summed E-state index contributed by atoms with van der Waals surface area (Å²) in [6.07, 6.45) is 0.269. The maximum Gasteiger partial charge on any atom is 0.306 e. The quantitative estimate of drug-likeness (QED) is 0.466. The minimum Gasteiger partial charge on any atom is -0.466 e. The molecule has 27 heavy (non-hydrogen) atoms. The van der Waals surface area contributed by atoms with Crippen LogP contribution in [0.1, 0.15) is 47.1 Å². The van der Waals surface area contributed by atoms with E-state index in [0.29, 0.717) is 12.5 Å². The van der Waals surface area contributed by atoms with Gasteiger partial charge in [-0.1, -0.05) is 29.5 Å². The Kier molecular flexibility index (Phi) is 5.80. The molecule has 5 nitrogen and oxygen atoms in total. The lowest BCUT2D eigenvalue weighted by Gasteiger charge is -2.21. The summed E-state index contributed by atoms with van der Waals surface area (Å²) >= 11 is 6.11. The highest BCUT2D eigenvalue weighted by Gasteiger charge is 2.23. The van der Waals surface area contributed by atoms with Crippen molar-refractivity contribution in [2.75, 3.05) is 6.61 Å². The highest BCUT2D eigenvalue weighted by atomic mass is 35.5. The minimum atomic E-state index is -0.214. The third-order valence-electron chi connectivity index (χ3n) is 5.05. The number of esters is 1. The Bertz CT molecular complexity index is 981.